The summed E-state index contributed by atoms with van der Waals surface area (Å²) in [5.74, 6) is 5.09. The Morgan fingerprint density at radius 2 is 1.22 bits per heavy atom. The fraction of sp³-hybridized carbons (Fsp3) is 0.923. The number of hydrogen-bond donors (Lipinski definition) is 2. The van der Waals surface area contributed by atoms with Crippen molar-refractivity contribution >= 4 is 23.4 Å². The number of carbonyl (C=O) groups is 2. The first-order valence-corrected chi connectivity index (χ1v) is 14.0. The maximum Gasteiger partial charge on any atom is 0.246 e. The van der Waals surface area contributed by atoms with E-state index in [1.165, 1.54) is 0 Å². The van der Waals surface area contributed by atoms with Crippen molar-refractivity contribution in [3.05, 3.63) is 0 Å². The van der Waals surface area contributed by atoms with Crippen LogP contribution in [0.25, 0.3) is 0 Å². The Balaban J connectivity index is 0.912. The van der Waals surface area contributed by atoms with Crippen molar-refractivity contribution in [1.29, 1.82) is 0 Å². The molecule has 10 heteroatoms. The van der Waals surface area contributed by atoms with Crippen LogP contribution < -0.4 is 10.6 Å². The number of alkyl halides is 1. The normalized spacial score (nSPS) is 36.9. The summed E-state index contributed by atoms with van der Waals surface area (Å²) in [5, 5.41) is 5.51. The molecule has 36 heavy (non-hydrogen) atoms. The molecule has 4 aliphatic carbocycles. The van der Waals surface area contributed by atoms with Crippen LogP contribution >= 0.6 is 11.6 Å². The molecule has 0 heterocycles. The minimum Gasteiger partial charge on any atom is -0.377 e. The van der Waals surface area contributed by atoms with Crippen LogP contribution in [0.2, 0.25) is 0 Å². The minimum absolute atomic E-state index is 0.0411. The van der Waals surface area contributed by atoms with Gasteiger partial charge in [-0.15, -0.1) is 11.6 Å². The van der Waals surface area contributed by atoms with E-state index in [1.54, 1.807) is 0 Å². The average molecular weight is 531 g/mol. The van der Waals surface area contributed by atoms with Crippen molar-refractivity contribution in [3.8, 4) is 0 Å². The van der Waals surface area contributed by atoms with Crippen molar-refractivity contribution in [3.63, 3.8) is 0 Å². The van der Waals surface area contributed by atoms with Crippen LogP contribution in [0.5, 0.6) is 0 Å². The molecule has 4 rings (SSSR count). The second kappa shape index (κ2) is 12.7. The molecule has 0 aliphatic heterocycles. The summed E-state index contributed by atoms with van der Waals surface area (Å²) in [6.45, 7) is 12.0. The lowest BCUT2D eigenvalue weighted by molar-refractivity contribution is -0.129. The van der Waals surface area contributed by atoms with Crippen LogP contribution in [-0.4, -0.2) is 96.3 Å². The lowest BCUT2D eigenvalue weighted by Crippen LogP contribution is -2.37. The third kappa shape index (κ3) is 5.71. The predicted molar refractivity (Wildman–Crippen MR) is 134 cm³/mol. The van der Waals surface area contributed by atoms with E-state index in [2.05, 4.69) is 31.4 Å². The molecular formula is C26H43ClN2O7. The molecule has 9 nitrogen and oxygen atoms in total. The summed E-state index contributed by atoms with van der Waals surface area (Å²) in [6, 6.07) is 0. The number of carbonyl (C=O) groups excluding carboxylic acids is 2. The van der Waals surface area contributed by atoms with E-state index >= 15 is 0 Å². The number of amides is 2. The van der Waals surface area contributed by atoms with Gasteiger partial charge in [0.25, 0.3) is 0 Å². The monoisotopic (exact) mass is 530 g/mol. The van der Waals surface area contributed by atoms with Crippen LogP contribution in [-0.2, 0) is 33.3 Å². The zero-order valence-electron chi connectivity index (χ0n) is 21.8. The van der Waals surface area contributed by atoms with Gasteiger partial charge in [0, 0.05) is 13.1 Å². The first kappa shape index (κ1) is 28.0. The molecule has 0 aromatic carbocycles. The summed E-state index contributed by atoms with van der Waals surface area (Å²) in [7, 11) is 0. The van der Waals surface area contributed by atoms with Crippen LogP contribution in [0, 0.1) is 46.8 Å². The Kier molecular flexibility index (Phi) is 9.91. The van der Waals surface area contributed by atoms with E-state index in [0.29, 0.717) is 83.2 Å². The Morgan fingerprint density at radius 1 is 0.722 bits per heavy atom. The van der Waals surface area contributed by atoms with Gasteiger partial charge in [-0.1, -0.05) is 20.8 Å². The van der Waals surface area contributed by atoms with Gasteiger partial charge in [-0.05, 0) is 46.8 Å². The van der Waals surface area contributed by atoms with Crippen LogP contribution in [0.3, 0.4) is 0 Å². The molecule has 0 radical (unpaired) electrons. The van der Waals surface area contributed by atoms with Gasteiger partial charge in [0.15, 0.2) is 0 Å². The molecule has 0 aromatic rings. The summed E-state index contributed by atoms with van der Waals surface area (Å²) in [4.78, 5) is 23.2. The molecule has 2 amide bonds. The highest BCUT2D eigenvalue weighted by molar-refractivity contribution is 6.27. The van der Waals surface area contributed by atoms with Gasteiger partial charge in [-0.3, -0.25) is 9.59 Å². The molecule has 2 N–H and O–H groups in total. The number of hydrogen-bond acceptors (Lipinski definition) is 7. The number of halogens is 1. The van der Waals surface area contributed by atoms with Gasteiger partial charge >= 0.3 is 0 Å². The standard InChI is InChI=1S/C26H43ClN2O7/c1-16-20-17(2)23-25(21(20)24-22(16)26(23,24)3)36-15-19(31)29-5-7-33-9-11-35-13-12-34-10-8-32-6-4-28-18(30)14-27/h16-17,20-25H,4-15H2,1-3H3,(H,28,30)(H,29,31). The van der Waals surface area contributed by atoms with Crippen LogP contribution in [0.15, 0.2) is 0 Å². The molecule has 9 atom stereocenters. The topological polar surface area (TPSA) is 104 Å². The van der Waals surface area contributed by atoms with Crippen LogP contribution in [0.1, 0.15) is 20.8 Å². The maximum absolute atomic E-state index is 12.3. The van der Waals surface area contributed by atoms with E-state index in [-0.39, 0.29) is 30.4 Å². The Bertz CT molecular complexity index is 758. The first-order chi connectivity index (χ1) is 17.4. The zero-order valence-corrected chi connectivity index (χ0v) is 22.6. The fourth-order valence-electron chi connectivity index (χ4n) is 8.15. The van der Waals surface area contributed by atoms with Gasteiger partial charge in [-0.2, -0.15) is 0 Å². The van der Waals surface area contributed by atoms with Crippen molar-refractivity contribution in [2.75, 3.05) is 78.4 Å². The molecule has 206 valence electrons. The molecule has 0 aromatic heterocycles. The second-order valence-corrected chi connectivity index (χ2v) is 11.1. The number of nitrogens with one attached hydrogen (secondary N) is 2. The Labute approximate surface area is 219 Å². The van der Waals surface area contributed by atoms with E-state index < -0.39 is 0 Å². The highest BCUT2D eigenvalue weighted by Crippen LogP contribution is 2.88. The van der Waals surface area contributed by atoms with Gasteiger partial charge < -0.3 is 34.3 Å². The van der Waals surface area contributed by atoms with Gasteiger partial charge in [0.1, 0.15) is 12.5 Å². The zero-order chi connectivity index (χ0) is 25.7. The number of ether oxygens (including phenoxy) is 5. The summed E-state index contributed by atoms with van der Waals surface area (Å²) in [6.07, 6.45) is 0.271. The summed E-state index contributed by atoms with van der Waals surface area (Å²) in [5.41, 5.74) is 0.474. The van der Waals surface area contributed by atoms with Crippen molar-refractivity contribution in [2.45, 2.75) is 26.9 Å². The molecule has 0 saturated heterocycles. The lowest BCUT2D eigenvalue weighted by Gasteiger charge is -2.38. The van der Waals surface area contributed by atoms with Crippen molar-refractivity contribution < 1.29 is 33.3 Å². The number of fused-ring (bicyclic) bond motifs is 3. The molecule has 2 bridgehead atoms. The van der Waals surface area contributed by atoms with E-state index in [0.717, 1.165) is 29.6 Å². The molecular weight excluding hydrogens is 488 g/mol. The quantitative estimate of drug-likeness (QED) is 0.192. The predicted octanol–water partition coefficient (Wildman–Crippen LogP) is 1.32. The lowest BCUT2D eigenvalue weighted by atomic mass is 9.66. The highest BCUT2D eigenvalue weighted by atomic mass is 35.5. The second-order valence-electron chi connectivity index (χ2n) is 10.9. The third-order valence-electron chi connectivity index (χ3n) is 9.15. The summed E-state index contributed by atoms with van der Waals surface area (Å²) >= 11 is 5.37. The Hall–Kier alpha value is -0.970. The minimum atomic E-state index is -0.205. The van der Waals surface area contributed by atoms with Gasteiger partial charge in [-0.25, -0.2) is 0 Å². The van der Waals surface area contributed by atoms with Gasteiger partial charge in [0.2, 0.25) is 11.8 Å². The highest BCUT2D eigenvalue weighted by Gasteiger charge is 2.87. The fourth-order valence-corrected chi connectivity index (χ4v) is 8.24. The van der Waals surface area contributed by atoms with E-state index in [1.807, 2.05) is 0 Å². The Morgan fingerprint density at radius 3 is 1.78 bits per heavy atom. The van der Waals surface area contributed by atoms with Gasteiger partial charge in [0.05, 0.1) is 59.0 Å². The van der Waals surface area contributed by atoms with E-state index in [9.17, 15) is 9.59 Å². The van der Waals surface area contributed by atoms with Crippen molar-refractivity contribution in [1.82, 2.24) is 10.6 Å². The smallest absolute Gasteiger partial charge is 0.246 e. The number of rotatable bonds is 19. The molecule has 4 fully saturated rings. The SMILES string of the molecule is CC1C2C(C)C3C4C2C(OCC(=O)NCCOCCOCCOCCOCCNC(=O)CCl)C1C34C. The van der Waals surface area contributed by atoms with Crippen molar-refractivity contribution in [2.24, 2.45) is 46.8 Å². The van der Waals surface area contributed by atoms with Crippen LogP contribution in [0.4, 0.5) is 0 Å². The third-order valence-corrected chi connectivity index (χ3v) is 9.40. The molecule has 0 spiro atoms. The molecule has 4 aliphatic rings. The molecule has 4 saturated carbocycles. The summed E-state index contributed by atoms with van der Waals surface area (Å²) < 4.78 is 27.9. The first-order valence-electron chi connectivity index (χ1n) is 13.4. The molecule has 9 unspecified atom stereocenters. The largest absolute Gasteiger partial charge is 0.377 e. The average Bonchev–Trinajstić information content (AvgIpc) is 3.11. The van der Waals surface area contributed by atoms with E-state index in [4.69, 9.17) is 35.3 Å². The maximum atomic E-state index is 12.3.